The third-order valence-corrected chi connectivity index (χ3v) is 15.4. The molecule has 1 aromatic carbocycles. The van der Waals surface area contributed by atoms with Crippen molar-refractivity contribution in [1.29, 1.82) is 0 Å². The Labute approximate surface area is 429 Å². The molecule has 0 bridgehead atoms. The van der Waals surface area contributed by atoms with E-state index >= 15 is 0 Å². The second-order valence-electron chi connectivity index (χ2n) is 14.6. The van der Waals surface area contributed by atoms with E-state index in [2.05, 4.69) is 42.1 Å². The van der Waals surface area contributed by atoms with Crippen molar-refractivity contribution in [3.8, 4) is 0 Å². The van der Waals surface area contributed by atoms with Gasteiger partial charge in [0.05, 0.1) is 40.5 Å². The predicted molar refractivity (Wildman–Crippen MR) is 257 cm³/mol. The minimum atomic E-state index is -4.57. The first-order chi connectivity index (χ1) is 34.4. The van der Waals surface area contributed by atoms with Crippen LogP contribution in [0.15, 0.2) is 110 Å². The van der Waals surface area contributed by atoms with Gasteiger partial charge in [0, 0.05) is 53.6 Å². The summed E-state index contributed by atoms with van der Waals surface area (Å²) in [5.41, 5.74) is 2.70. The number of carbonyl (C=O) groups is 4. The highest BCUT2D eigenvalue weighted by Crippen LogP contribution is 2.33. The van der Waals surface area contributed by atoms with Crippen molar-refractivity contribution in [1.82, 2.24) is 41.1 Å². The first-order valence-corrected chi connectivity index (χ1v) is 26.1. The van der Waals surface area contributed by atoms with Crippen molar-refractivity contribution in [2.75, 3.05) is 23.7 Å². The van der Waals surface area contributed by atoms with Crippen LogP contribution in [0, 0.1) is 0 Å². The highest BCUT2D eigenvalue weighted by molar-refractivity contribution is 7.91. The molecule has 0 spiro atoms. The van der Waals surface area contributed by atoms with Gasteiger partial charge in [-0.15, -0.1) is 32.3 Å². The number of carbonyl (C=O) groups excluding carboxylic acids is 4. The molecule has 0 atom stereocenters. The van der Waals surface area contributed by atoms with E-state index in [1.807, 2.05) is 9.66 Å². The molecular formula is C42H40Cl2F6N10O9S4. The average molecular weight is 1140 g/mol. The number of hydrogen-bond donors (Lipinski definition) is 8. The molecule has 0 unspecified atom stereocenters. The molecule has 31 heteroatoms. The minimum Gasteiger partial charge on any atom is -0.459 e. The van der Waals surface area contributed by atoms with E-state index < -0.39 is 61.2 Å². The maximum absolute atomic E-state index is 12.7. The highest BCUT2D eigenvalue weighted by atomic mass is 35.5. The van der Waals surface area contributed by atoms with Gasteiger partial charge in [-0.3, -0.25) is 30.0 Å². The number of amides is 4. The monoisotopic (exact) mass is 1140 g/mol. The van der Waals surface area contributed by atoms with Crippen molar-refractivity contribution in [3.63, 3.8) is 0 Å². The molecule has 0 saturated carbocycles. The van der Waals surface area contributed by atoms with Gasteiger partial charge < -0.3 is 25.7 Å². The van der Waals surface area contributed by atoms with Gasteiger partial charge in [0.1, 0.15) is 20.1 Å². The number of alkyl halides is 6. The maximum atomic E-state index is 12.7. The summed E-state index contributed by atoms with van der Waals surface area (Å²) in [6.07, 6.45) is -6.25. The molecule has 73 heavy (non-hydrogen) atoms. The first-order valence-electron chi connectivity index (χ1n) is 20.8. The molecule has 0 fully saturated rings. The fourth-order valence-corrected chi connectivity index (χ4v) is 10.3. The number of thiophene rings is 2. The molecule has 392 valence electrons. The number of nitrogens with zero attached hydrogens (tertiary/aromatic N) is 2. The van der Waals surface area contributed by atoms with Crippen LogP contribution in [0.1, 0.15) is 67.5 Å². The molecular weight excluding hydrogens is 1100 g/mol. The lowest BCUT2D eigenvalue weighted by Gasteiger charge is -2.11. The second-order valence-corrected chi connectivity index (χ2v) is 21.6. The van der Waals surface area contributed by atoms with Gasteiger partial charge in [0.25, 0.3) is 31.9 Å². The van der Waals surface area contributed by atoms with Gasteiger partial charge >= 0.3 is 12.4 Å². The molecule has 6 aromatic rings. The molecule has 5 aromatic heterocycles. The van der Waals surface area contributed by atoms with E-state index in [-0.39, 0.29) is 93.6 Å². The smallest absolute Gasteiger partial charge is 0.417 e. The van der Waals surface area contributed by atoms with Crippen molar-refractivity contribution in [3.05, 3.63) is 140 Å². The summed E-state index contributed by atoms with van der Waals surface area (Å²) in [6, 6.07) is 18.9. The number of aromatic nitrogens is 2. The maximum Gasteiger partial charge on any atom is 0.417 e. The van der Waals surface area contributed by atoms with Gasteiger partial charge in [0.15, 0.2) is 5.76 Å². The van der Waals surface area contributed by atoms with Crippen LogP contribution in [0.4, 0.5) is 38.0 Å². The Morgan fingerprint density at radius 2 is 1.05 bits per heavy atom. The number of anilines is 2. The topological polar surface area (TPSA) is 272 Å². The third kappa shape index (κ3) is 18.3. The summed E-state index contributed by atoms with van der Waals surface area (Å²) in [5, 5.41) is 10.3. The molecule has 0 aliphatic carbocycles. The van der Waals surface area contributed by atoms with Gasteiger partial charge in [0.2, 0.25) is 11.8 Å². The Balaban J connectivity index is 0.000000271. The van der Waals surface area contributed by atoms with E-state index in [0.717, 1.165) is 34.8 Å². The predicted octanol–water partition coefficient (Wildman–Crippen LogP) is 7.49. The number of hydrogen-bond acceptors (Lipinski definition) is 15. The van der Waals surface area contributed by atoms with Crippen LogP contribution < -0.4 is 41.8 Å². The highest BCUT2D eigenvalue weighted by Gasteiger charge is 2.32. The van der Waals surface area contributed by atoms with Gasteiger partial charge in [-0.2, -0.15) is 26.3 Å². The normalized spacial score (nSPS) is 11.7. The van der Waals surface area contributed by atoms with Crippen LogP contribution in [0.25, 0.3) is 0 Å². The molecule has 19 nitrogen and oxygen atoms in total. The standard InChI is InChI=1S/C22H21ClF3N5O4S2.C20H19ClF3N5O5S2/c23-17-11-15(22(24,25)26)12-28-20(17)27-10-4-7-18(32)30-31-37(34,35)19-9-8-16(36-19)13-29-21(33)14-5-2-1-3-6-14;21-14-9-12(20(22,23)24)10-26-18(14)25-7-1-4-16(30)28-29-36(32,33)17-6-5-13(35-17)11-27-19(31)15-3-2-8-34-15/h1-3,5-6,8-9,11-12,31H,4,7,10,13H2,(H,27,28)(H,29,33)(H,30,32);2-3,5-6,8-10,29H,1,4,7,11H2,(H,25,26)(H,27,31)(H,28,30). The minimum absolute atomic E-state index is 0.0274. The number of pyridine rings is 2. The lowest BCUT2D eigenvalue weighted by molar-refractivity contribution is -0.138. The fourth-order valence-electron chi connectivity index (χ4n) is 5.55. The number of sulfonamides is 2. The van der Waals surface area contributed by atoms with Crippen molar-refractivity contribution >= 4 is 101 Å². The second kappa shape index (κ2) is 26.0. The van der Waals surface area contributed by atoms with E-state index in [9.17, 15) is 62.4 Å². The lowest BCUT2D eigenvalue weighted by Crippen LogP contribution is -2.41. The summed E-state index contributed by atoms with van der Waals surface area (Å²) in [6.45, 7) is 0.513. The van der Waals surface area contributed by atoms with Crippen LogP contribution in [-0.2, 0) is 55.1 Å². The lowest BCUT2D eigenvalue weighted by atomic mass is 10.2. The van der Waals surface area contributed by atoms with Gasteiger partial charge in [-0.05, 0) is 73.5 Å². The summed E-state index contributed by atoms with van der Waals surface area (Å²) in [5.74, 6) is -1.82. The molecule has 4 amide bonds. The van der Waals surface area contributed by atoms with E-state index in [0.29, 0.717) is 27.7 Å². The van der Waals surface area contributed by atoms with Crippen molar-refractivity contribution in [2.24, 2.45) is 0 Å². The zero-order chi connectivity index (χ0) is 53.4. The Morgan fingerprint density at radius 3 is 1.47 bits per heavy atom. The fraction of sp³-hybridized carbons (Fsp3) is 0.238. The SMILES string of the molecule is O=C(CCCNc1ncc(C(F)(F)F)cc1Cl)NNS(=O)(=O)c1ccc(CNC(=O)c2ccccc2)s1.O=C(CCCNc1ncc(C(F)(F)F)cc1Cl)NNS(=O)(=O)c1ccc(CNC(=O)c2ccco2)s1. The van der Waals surface area contributed by atoms with Crippen LogP contribution in [0.5, 0.6) is 0 Å². The number of halogens is 8. The molecule has 5 heterocycles. The summed E-state index contributed by atoms with van der Waals surface area (Å²) in [4.78, 5) is 60.3. The Bertz CT molecular complexity index is 3070. The average Bonchev–Trinajstić information content (AvgIpc) is 4.17. The zero-order valence-electron chi connectivity index (χ0n) is 37.1. The van der Waals surface area contributed by atoms with Crippen molar-refractivity contribution < 1.29 is 66.8 Å². The van der Waals surface area contributed by atoms with E-state index in [1.165, 1.54) is 30.5 Å². The van der Waals surface area contributed by atoms with E-state index in [4.69, 9.17) is 27.6 Å². The Kier molecular flexibility index (Phi) is 20.5. The summed E-state index contributed by atoms with van der Waals surface area (Å²) < 4.78 is 130. The molecule has 0 saturated heterocycles. The quantitative estimate of drug-likeness (QED) is 0.0186. The van der Waals surface area contributed by atoms with E-state index in [1.54, 1.807) is 42.5 Å². The largest absolute Gasteiger partial charge is 0.459 e. The number of nitrogens with one attached hydrogen (secondary N) is 8. The van der Waals surface area contributed by atoms with Crippen LogP contribution in [0.3, 0.4) is 0 Å². The molecule has 0 aliphatic rings. The summed E-state index contributed by atoms with van der Waals surface area (Å²) in [7, 11) is -8.07. The van der Waals surface area contributed by atoms with Gasteiger partial charge in [-0.1, -0.05) is 41.4 Å². The Hall–Kier alpha value is -6.34. The van der Waals surface area contributed by atoms with Crippen molar-refractivity contribution in [2.45, 2.75) is 59.5 Å². The molecule has 0 aliphatic heterocycles. The zero-order valence-corrected chi connectivity index (χ0v) is 41.9. The van der Waals surface area contributed by atoms with Crippen LogP contribution >= 0.6 is 45.9 Å². The number of furan rings is 1. The number of hydrazine groups is 2. The first kappa shape index (κ1) is 57.6. The van der Waals surface area contributed by atoms with Crippen LogP contribution in [0.2, 0.25) is 10.0 Å². The molecule has 0 radical (unpaired) electrons. The summed E-state index contributed by atoms with van der Waals surface area (Å²) >= 11 is 13.4. The molecule has 6 rings (SSSR count). The Morgan fingerprint density at radius 1 is 0.603 bits per heavy atom. The van der Waals surface area contributed by atoms with Gasteiger partial charge in [-0.25, -0.2) is 26.8 Å². The number of benzene rings is 1. The molecule has 8 N–H and O–H groups in total. The number of rotatable bonds is 22. The van der Waals surface area contributed by atoms with Crippen LogP contribution in [-0.4, -0.2) is 63.5 Å². The third-order valence-electron chi connectivity index (χ3n) is 9.16.